The monoisotopic (exact) mass is 442 g/mol. The topological polar surface area (TPSA) is 107 Å². The molecule has 1 aromatic rings. The lowest BCUT2D eigenvalue weighted by Gasteiger charge is -2.50. The number of aryl methyl sites for hydroxylation is 1. The van der Waals surface area contributed by atoms with Gasteiger partial charge in [0, 0.05) is 6.54 Å². The van der Waals surface area contributed by atoms with Gasteiger partial charge < -0.3 is 15.1 Å². The fraction of sp³-hybridized carbons (Fsp3) is 0.640. The number of carboxylic acids is 2. The fourth-order valence-electron chi connectivity index (χ4n) is 6.48. The van der Waals surface area contributed by atoms with Crippen LogP contribution in [-0.4, -0.2) is 57.6 Å². The zero-order chi connectivity index (χ0) is 22.9. The summed E-state index contributed by atoms with van der Waals surface area (Å²) in [5.41, 5.74) is 0.957. The molecular formula is C25H34N2O5. The van der Waals surface area contributed by atoms with E-state index in [0.29, 0.717) is 37.6 Å². The summed E-state index contributed by atoms with van der Waals surface area (Å²) in [7, 11) is 0. The van der Waals surface area contributed by atoms with Crippen LogP contribution in [-0.2, 0) is 20.8 Å². The summed E-state index contributed by atoms with van der Waals surface area (Å²) < 4.78 is 0. The molecule has 3 saturated carbocycles. The molecule has 0 radical (unpaired) electrons. The van der Waals surface area contributed by atoms with Crippen molar-refractivity contribution in [3.63, 3.8) is 0 Å². The summed E-state index contributed by atoms with van der Waals surface area (Å²) in [6.07, 6.45) is 7.18. The molecule has 1 spiro atoms. The van der Waals surface area contributed by atoms with Crippen molar-refractivity contribution in [2.45, 2.75) is 76.4 Å². The normalized spacial score (nSPS) is 30.9. The van der Waals surface area contributed by atoms with Crippen LogP contribution in [0.4, 0.5) is 0 Å². The maximum atomic E-state index is 13.3. The Bertz CT molecular complexity index is 851. The fourth-order valence-corrected chi connectivity index (χ4v) is 6.48. The number of aliphatic carboxylic acids is 2. The number of carboxylic acid groups (broad SMARTS) is 2. The number of benzene rings is 1. The minimum absolute atomic E-state index is 0.0842. The summed E-state index contributed by atoms with van der Waals surface area (Å²) in [6.45, 7) is 2.13. The molecule has 1 aliphatic heterocycles. The van der Waals surface area contributed by atoms with Crippen molar-refractivity contribution in [2.24, 2.45) is 17.3 Å². The maximum absolute atomic E-state index is 13.3. The van der Waals surface area contributed by atoms with E-state index in [9.17, 15) is 24.6 Å². The Kier molecular flexibility index (Phi) is 6.56. The van der Waals surface area contributed by atoms with Crippen molar-refractivity contribution < 1.29 is 24.6 Å². The second-order valence-electron chi connectivity index (χ2n) is 10.1. The quantitative estimate of drug-likeness (QED) is 0.571. The average Bonchev–Trinajstić information content (AvgIpc) is 3.16. The van der Waals surface area contributed by atoms with Gasteiger partial charge in [-0.05, 0) is 68.3 Å². The molecule has 2 bridgehead atoms. The van der Waals surface area contributed by atoms with E-state index in [-0.39, 0.29) is 11.3 Å². The van der Waals surface area contributed by atoms with E-state index in [4.69, 9.17) is 0 Å². The Hall–Kier alpha value is -2.41. The minimum Gasteiger partial charge on any atom is -0.480 e. The Morgan fingerprint density at radius 3 is 2.34 bits per heavy atom. The smallest absolute Gasteiger partial charge is 0.326 e. The molecule has 5 rings (SSSR count). The summed E-state index contributed by atoms with van der Waals surface area (Å²) in [5.74, 6) is -1.12. The van der Waals surface area contributed by atoms with E-state index in [0.717, 1.165) is 24.8 Å². The van der Waals surface area contributed by atoms with Gasteiger partial charge in [0.1, 0.15) is 12.1 Å². The molecule has 4 fully saturated rings. The van der Waals surface area contributed by atoms with Crippen molar-refractivity contribution in [1.82, 2.24) is 10.2 Å². The third kappa shape index (κ3) is 4.53. The standard InChI is InChI=1S/C25H34N2O5/c1-16(26-20(23(29)30)12-9-17-5-3-2-4-6-17)22(28)27-15-25(14-21(27)24(31)32)13-18-7-10-19(25)11-8-18/h2-6,16,18-21,26H,7-15H2,1H3,(H,29,30)(H,31,32)/t16-,18?,19?,20-,21-,25+/m0/s1. The van der Waals surface area contributed by atoms with Gasteiger partial charge in [0.05, 0.1) is 6.04 Å². The van der Waals surface area contributed by atoms with E-state index in [1.807, 2.05) is 30.3 Å². The number of carbonyl (C=O) groups excluding carboxylic acids is 1. The molecule has 174 valence electrons. The van der Waals surface area contributed by atoms with Crippen molar-refractivity contribution in [3.05, 3.63) is 35.9 Å². The molecule has 1 saturated heterocycles. The van der Waals surface area contributed by atoms with Crippen LogP contribution in [0.5, 0.6) is 0 Å². The Morgan fingerprint density at radius 2 is 1.78 bits per heavy atom. The summed E-state index contributed by atoms with van der Waals surface area (Å²) in [6, 6.07) is 7.19. The lowest BCUT2D eigenvalue weighted by atomic mass is 9.55. The highest BCUT2D eigenvalue weighted by atomic mass is 16.4. The van der Waals surface area contributed by atoms with Crippen molar-refractivity contribution in [1.29, 1.82) is 0 Å². The molecule has 7 heteroatoms. The second kappa shape index (κ2) is 9.22. The molecule has 0 aromatic heterocycles. The number of hydrogen-bond acceptors (Lipinski definition) is 4. The van der Waals surface area contributed by atoms with Gasteiger partial charge in [-0.2, -0.15) is 0 Å². The lowest BCUT2D eigenvalue weighted by Crippen LogP contribution is -2.53. The van der Waals surface area contributed by atoms with E-state index >= 15 is 0 Å². The largest absolute Gasteiger partial charge is 0.480 e. The summed E-state index contributed by atoms with van der Waals surface area (Å²) in [5, 5.41) is 22.5. The Morgan fingerprint density at radius 1 is 1.09 bits per heavy atom. The molecule has 0 unspecified atom stereocenters. The number of nitrogens with zero attached hydrogens (tertiary/aromatic N) is 1. The molecular weight excluding hydrogens is 408 g/mol. The molecule has 4 atom stereocenters. The van der Waals surface area contributed by atoms with Crippen molar-refractivity contribution in [3.8, 4) is 0 Å². The SMILES string of the molecule is C[C@H](N[C@@H](CCc1ccccc1)C(=O)O)C(=O)N1C[C@@]2(CC3CCC2CC3)C[C@H]1C(=O)O. The van der Waals surface area contributed by atoms with Gasteiger partial charge in [-0.25, -0.2) is 4.79 Å². The van der Waals surface area contributed by atoms with Gasteiger partial charge >= 0.3 is 11.9 Å². The van der Waals surface area contributed by atoms with Crippen molar-refractivity contribution >= 4 is 17.8 Å². The van der Waals surface area contributed by atoms with Crippen LogP contribution in [0.3, 0.4) is 0 Å². The van der Waals surface area contributed by atoms with Gasteiger partial charge in [0.2, 0.25) is 5.91 Å². The zero-order valence-corrected chi connectivity index (χ0v) is 18.7. The molecule has 3 N–H and O–H groups in total. The van der Waals surface area contributed by atoms with Gasteiger partial charge in [-0.3, -0.25) is 14.9 Å². The predicted octanol–water partition coefficient (Wildman–Crippen LogP) is 2.93. The van der Waals surface area contributed by atoms with Gasteiger partial charge in [-0.15, -0.1) is 0 Å². The number of hydrogen-bond donors (Lipinski definition) is 3. The molecule has 32 heavy (non-hydrogen) atoms. The Balaban J connectivity index is 1.43. The molecule has 3 aliphatic carbocycles. The maximum Gasteiger partial charge on any atom is 0.326 e. The first kappa shape index (κ1) is 22.8. The number of nitrogens with one attached hydrogen (secondary N) is 1. The van der Waals surface area contributed by atoms with Crippen LogP contribution in [0, 0.1) is 17.3 Å². The van der Waals surface area contributed by atoms with Gasteiger partial charge in [0.15, 0.2) is 0 Å². The van der Waals surface area contributed by atoms with Crippen LogP contribution in [0.15, 0.2) is 30.3 Å². The van der Waals surface area contributed by atoms with Crippen LogP contribution >= 0.6 is 0 Å². The number of amides is 1. The van der Waals surface area contributed by atoms with Crippen LogP contribution < -0.4 is 5.32 Å². The first-order valence-electron chi connectivity index (χ1n) is 11.8. The van der Waals surface area contributed by atoms with E-state index < -0.39 is 30.1 Å². The van der Waals surface area contributed by atoms with Crippen LogP contribution in [0.2, 0.25) is 0 Å². The molecule has 7 nitrogen and oxygen atoms in total. The highest BCUT2D eigenvalue weighted by Gasteiger charge is 2.56. The van der Waals surface area contributed by atoms with Gasteiger partial charge in [0.25, 0.3) is 0 Å². The third-order valence-electron chi connectivity index (χ3n) is 8.12. The zero-order valence-electron chi connectivity index (χ0n) is 18.7. The summed E-state index contributed by atoms with van der Waals surface area (Å²) >= 11 is 0. The lowest BCUT2D eigenvalue weighted by molar-refractivity contribution is -0.149. The number of likely N-dealkylation sites (tertiary alicyclic amines) is 1. The van der Waals surface area contributed by atoms with Crippen LogP contribution in [0.25, 0.3) is 0 Å². The Labute approximate surface area is 189 Å². The highest BCUT2D eigenvalue weighted by molar-refractivity contribution is 5.88. The van der Waals surface area contributed by atoms with E-state index in [1.165, 1.54) is 17.7 Å². The van der Waals surface area contributed by atoms with Gasteiger partial charge in [-0.1, -0.05) is 43.2 Å². The van der Waals surface area contributed by atoms with E-state index in [1.54, 1.807) is 6.92 Å². The first-order valence-corrected chi connectivity index (χ1v) is 11.8. The van der Waals surface area contributed by atoms with Crippen LogP contribution in [0.1, 0.15) is 57.4 Å². The minimum atomic E-state index is -1.00. The first-order chi connectivity index (χ1) is 15.3. The number of rotatable bonds is 8. The number of carbonyl (C=O) groups is 3. The van der Waals surface area contributed by atoms with E-state index in [2.05, 4.69) is 5.32 Å². The predicted molar refractivity (Wildman–Crippen MR) is 119 cm³/mol. The van der Waals surface area contributed by atoms with Crippen molar-refractivity contribution in [2.75, 3.05) is 6.54 Å². The third-order valence-corrected chi connectivity index (χ3v) is 8.12. The molecule has 1 amide bonds. The molecule has 1 aromatic carbocycles. The molecule has 1 heterocycles. The highest BCUT2D eigenvalue weighted by Crippen LogP contribution is 2.57. The second-order valence-corrected chi connectivity index (χ2v) is 10.1. The summed E-state index contributed by atoms with van der Waals surface area (Å²) in [4.78, 5) is 38.7. The number of fused-ring (bicyclic) bond motifs is 2. The molecule has 4 aliphatic rings. The average molecular weight is 443 g/mol.